The molecule has 0 amide bonds. The van der Waals surface area contributed by atoms with Crippen LogP contribution in [-0.4, -0.2) is 37.2 Å². The Labute approximate surface area is 110 Å². The molecule has 1 aromatic rings. The Bertz CT molecular complexity index is 428. The third kappa shape index (κ3) is 4.11. The second-order valence-electron chi connectivity index (χ2n) is 4.73. The molecular formula is C13H17F3N2O. The van der Waals surface area contributed by atoms with E-state index in [-0.39, 0.29) is 0 Å². The quantitative estimate of drug-likeness (QED) is 0.911. The molecule has 0 unspecified atom stereocenters. The van der Waals surface area contributed by atoms with Crippen LogP contribution in [0.15, 0.2) is 18.2 Å². The molecule has 3 nitrogen and oxygen atoms in total. The van der Waals surface area contributed by atoms with E-state index >= 15 is 0 Å². The molecule has 1 aliphatic rings. The summed E-state index contributed by atoms with van der Waals surface area (Å²) in [6.45, 7) is 2.37. The van der Waals surface area contributed by atoms with Crippen LogP contribution in [0.3, 0.4) is 0 Å². The summed E-state index contributed by atoms with van der Waals surface area (Å²) < 4.78 is 41.7. The highest BCUT2D eigenvalue weighted by molar-refractivity contribution is 5.29. The summed E-state index contributed by atoms with van der Waals surface area (Å²) in [6.07, 6.45) is 0. The van der Waals surface area contributed by atoms with Gasteiger partial charge in [0.1, 0.15) is 0 Å². The van der Waals surface area contributed by atoms with Crippen molar-refractivity contribution in [3.05, 3.63) is 29.6 Å². The van der Waals surface area contributed by atoms with Crippen molar-refractivity contribution < 1.29 is 17.9 Å². The number of hydrogen-bond donors (Lipinski definition) is 1. The van der Waals surface area contributed by atoms with E-state index in [1.54, 1.807) is 6.07 Å². The van der Waals surface area contributed by atoms with Crippen LogP contribution in [0.4, 0.5) is 13.2 Å². The molecule has 1 saturated heterocycles. The number of rotatable bonds is 4. The van der Waals surface area contributed by atoms with Crippen molar-refractivity contribution in [2.45, 2.75) is 26.1 Å². The fraction of sp³-hybridized carbons (Fsp3) is 0.538. The normalized spacial score (nSPS) is 20.8. The maximum absolute atomic E-state index is 13.6. The minimum Gasteiger partial charge on any atom is -0.432 e. The Morgan fingerprint density at radius 2 is 2.26 bits per heavy atom. The Morgan fingerprint density at radius 3 is 2.89 bits per heavy atom. The molecule has 1 fully saturated rings. The number of alkyl halides is 2. The summed E-state index contributed by atoms with van der Waals surface area (Å²) in [5.41, 5.74) is 0.758. The van der Waals surface area contributed by atoms with Gasteiger partial charge >= 0.3 is 6.61 Å². The van der Waals surface area contributed by atoms with Crippen molar-refractivity contribution in [2.75, 3.05) is 19.6 Å². The predicted molar refractivity (Wildman–Crippen MR) is 65.8 cm³/mol. The van der Waals surface area contributed by atoms with Crippen molar-refractivity contribution in [3.63, 3.8) is 0 Å². The number of hydrogen-bond acceptors (Lipinski definition) is 3. The van der Waals surface area contributed by atoms with Crippen LogP contribution >= 0.6 is 0 Å². The Kier molecular flexibility index (Phi) is 4.66. The number of halogens is 3. The lowest BCUT2D eigenvalue weighted by molar-refractivity contribution is -0.0522. The molecule has 2 rings (SSSR count). The smallest absolute Gasteiger partial charge is 0.387 e. The van der Waals surface area contributed by atoms with Gasteiger partial charge in [-0.25, -0.2) is 4.39 Å². The zero-order chi connectivity index (χ0) is 13.8. The standard InChI is InChI=1S/C13H17F3N2O/c1-9-7-18(5-4-17-9)8-10-2-3-12(11(14)6-10)19-13(15)16/h2-3,6,9,13,17H,4-5,7-8H2,1H3/t9-/m1/s1. The molecule has 1 aromatic carbocycles. The molecule has 0 saturated carbocycles. The fourth-order valence-corrected chi connectivity index (χ4v) is 2.25. The van der Waals surface area contributed by atoms with Gasteiger partial charge in [-0.15, -0.1) is 0 Å². The van der Waals surface area contributed by atoms with Crippen LogP contribution in [0.25, 0.3) is 0 Å². The molecule has 19 heavy (non-hydrogen) atoms. The number of piperazine rings is 1. The number of nitrogens with zero attached hydrogens (tertiary/aromatic N) is 1. The van der Waals surface area contributed by atoms with E-state index in [0.717, 1.165) is 25.2 Å². The van der Waals surface area contributed by atoms with Gasteiger partial charge in [-0.05, 0) is 24.6 Å². The fourth-order valence-electron chi connectivity index (χ4n) is 2.25. The van der Waals surface area contributed by atoms with Gasteiger partial charge in [0.05, 0.1) is 0 Å². The van der Waals surface area contributed by atoms with Crippen molar-refractivity contribution in [1.29, 1.82) is 0 Å². The first-order chi connectivity index (χ1) is 9.04. The maximum Gasteiger partial charge on any atom is 0.387 e. The van der Waals surface area contributed by atoms with E-state index in [0.29, 0.717) is 12.6 Å². The molecule has 1 atom stereocenters. The highest BCUT2D eigenvalue weighted by atomic mass is 19.3. The van der Waals surface area contributed by atoms with Crippen molar-refractivity contribution in [3.8, 4) is 5.75 Å². The lowest BCUT2D eigenvalue weighted by Gasteiger charge is -2.31. The maximum atomic E-state index is 13.6. The average molecular weight is 274 g/mol. The number of ether oxygens (including phenoxy) is 1. The second kappa shape index (κ2) is 6.25. The second-order valence-corrected chi connectivity index (χ2v) is 4.73. The average Bonchev–Trinajstić information content (AvgIpc) is 2.32. The number of nitrogens with one attached hydrogen (secondary N) is 1. The minimum atomic E-state index is -3.01. The van der Waals surface area contributed by atoms with Crippen molar-refractivity contribution in [1.82, 2.24) is 10.2 Å². The minimum absolute atomic E-state index is 0.403. The summed E-state index contributed by atoms with van der Waals surface area (Å²) in [4.78, 5) is 2.20. The van der Waals surface area contributed by atoms with Crippen LogP contribution in [0.5, 0.6) is 5.75 Å². The highest BCUT2D eigenvalue weighted by Crippen LogP contribution is 2.21. The zero-order valence-electron chi connectivity index (χ0n) is 10.7. The first kappa shape index (κ1) is 14.1. The van der Waals surface area contributed by atoms with Crippen LogP contribution in [0.2, 0.25) is 0 Å². The largest absolute Gasteiger partial charge is 0.432 e. The molecule has 1 aliphatic heterocycles. The Morgan fingerprint density at radius 1 is 1.47 bits per heavy atom. The van der Waals surface area contributed by atoms with E-state index in [4.69, 9.17) is 0 Å². The van der Waals surface area contributed by atoms with Gasteiger partial charge in [0.15, 0.2) is 11.6 Å². The molecular weight excluding hydrogens is 257 g/mol. The summed E-state index contributed by atoms with van der Waals surface area (Å²) >= 11 is 0. The molecule has 1 N–H and O–H groups in total. The van der Waals surface area contributed by atoms with E-state index in [1.807, 2.05) is 0 Å². The van der Waals surface area contributed by atoms with E-state index in [2.05, 4.69) is 21.9 Å². The van der Waals surface area contributed by atoms with Gasteiger partial charge in [0.25, 0.3) is 0 Å². The first-order valence-electron chi connectivity index (χ1n) is 6.23. The molecule has 0 aliphatic carbocycles. The summed E-state index contributed by atoms with van der Waals surface area (Å²) in [5.74, 6) is -1.16. The van der Waals surface area contributed by atoms with E-state index < -0.39 is 18.2 Å². The molecule has 0 bridgehead atoms. The van der Waals surface area contributed by atoms with Crippen LogP contribution in [0, 0.1) is 5.82 Å². The van der Waals surface area contributed by atoms with E-state index in [9.17, 15) is 13.2 Å². The predicted octanol–water partition coefficient (Wildman–Crippen LogP) is 2.22. The van der Waals surface area contributed by atoms with Gasteiger partial charge < -0.3 is 10.1 Å². The summed E-state index contributed by atoms with van der Waals surface area (Å²) in [6, 6.07) is 4.53. The molecule has 0 spiro atoms. The molecule has 0 radical (unpaired) electrons. The molecule has 6 heteroatoms. The Balaban J connectivity index is 1.99. The molecule has 106 valence electrons. The molecule has 0 aromatic heterocycles. The van der Waals surface area contributed by atoms with Crippen molar-refractivity contribution in [2.24, 2.45) is 0 Å². The van der Waals surface area contributed by atoms with Gasteiger partial charge in [-0.2, -0.15) is 8.78 Å². The van der Waals surface area contributed by atoms with Gasteiger partial charge in [0.2, 0.25) is 0 Å². The lowest BCUT2D eigenvalue weighted by Crippen LogP contribution is -2.48. The van der Waals surface area contributed by atoms with E-state index in [1.165, 1.54) is 12.1 Å². The monoisotopic (exact) mass is 274 g/mol. The summed E-state index contributed by atoms with van der Waals surface area (Å²) in [7, 11) is 0. The Hall–Kier alpha value is -1.27. The van der Waals surface area contributed by atoms with Crippen molar-refractivity contribution >= 4 is 0 Å². The van der Waals surface area contributed by atoms with Crippen LogP contribution < -0.4 is 10.1 Å². The highest BCUT2D eigenvalue weighted by Gasteiger charge is 2.16. The van der Waals surface area contributed by atoms with Crippen LogP contribution in [-0.2, 0) is 6.54 Å². The van der Waals surface area contributed by atoms with Gasteiger partial charge in [0, 0.05) is 32.2 Å². The van der Waals surface area contributed by atoms with Crippen LogP contribution in [0.1, 0.15) is 12.5 Å². The topological polar surface area (TPSA) is 24.5 Å². The first-order valence-corrected chi connectivity index (χ1v) is 6.23. The third-order valence-electron chi connectivity index (χ3n) is 3.07. The van der Waals surface area contributed by atoms with Gasteiger partial charge in [-0.1, -0.05) is 6.07 Å². The van der Waals surface area contributed by atoms with Gasteiger partial charge in [-0.3, -0.25) is 4.90 Å². The summed E-state index contributed by atoms with van der Waals surface area (Å²) in [5, 5.41) is 3.32. The lowest BCUT2D eigenvalue weighted by atomic mass is 10.1. The SMILES string of the molecule is C[C@@H]1CN(Cc2ccc(OC(F)F)c(F)c2)CCN1. The number of benzene rings is 1. The molecule has 1 heterocycles. The zero-order valence-corrected chi connectivity index (χ0v) is 10.7. The third-order valence-corrected chi connectivity index (χ3v) is 3.07.